The summed E-state index contributed by atoms with van der Waals surface area (Å²) >= 11 is 18.6. The van der Waals surface area contributed by atoms with Gasteiger partial charge in [-0.05, 0) is 41.8 Å². The maximum absolute atomic E-state index is 12.2. The van der Waals surface area contributed by atoms with Crippen LogP contribution in [0.15, 0.2) is 34.7 Å². The van der Waals surface area contributed by atoms with E-state index in [0.717, 1.165) is 17.4 Å². The number of alkyl halides is 1. The van der Waals surface area contributed by atoms with Gasteiger partial charge in [-0.25, -0.2) is 18.1 Å². The first-order valence-electron chi connectivity index (χ1n) is 9.99. The molecular weight excluding hydrogens is 511 g/mol. The minimum absolute atomic E-state index is 0.166. The van der Waals surface area contributed by atoms with Crippen LogP contribution in [0.2, 0.25) is 10.0 Å². The van der Waals surface area contributed by atoms with Crippen LogP contribution in [-0.2, 0) is 15.4 Å². The van der Waals surface area contributed by atoms with Crippen molar-refractivity contribution in [2.24, 2.45) is 0 Å². The number of ether oxygens (including phenoxy) is 1. The molecule has 0 atom stereocenters. The van der Waals surface area contributed by atoms with Gasteiger partial charge in [0.15, 0.2) is 11.3 Å². The predicted molar refractivity (Wildman–Crippen MR) is 131 cm³/mol. The van der Waals surface area contributed by atoms with Crippen molar-refractivity contribution < 1.29 is 22.4 Å². The lowest BCUT2D eigenvalue weighted by atomic mass is 9.78. The maximum Gasteiger partial charge on any atom is 0.265 e. The molecular formula is C22H23Cl3N2O5S. The number of hydrogen-bond acceptors (Lipinski definition) is 6. The molecule has 11 heteroatoms. The molecule has 0 radical (unpaired) electrons. The van der Waals surface area contributed by atoms with Crippen LogP contribution in [0.25, 0.3) is 11.1 Å². The highest BCUT2D eigenvalue weighted by Gasteiger charge is 2.27. The molecule has 0 saturated heterocycles. The third kappa shape index (κ3) is 6.19. The van der Waals surface area contributed by atoms with Crippen LogP contribution in [0.4, 0.5) is 0 Å². The predicted octanol–water partition coefficient (Wildman–Crippen LogP) is 5.20. The smallest absolute Gasteiger partial charge is 0.265 e. The van der Waals surface area contributed by atoms with Gasteiger partial charge in [0.05, 0.1) is 29.5 Å². The van der Waals surface area contributed by atoms with Crippen LogP contribution in [0.5, 0.6) is 5.75 Å². The molecule has 178 valence electrons. The second-order valence-corrected chi connectivity index (χ2v) is 11.0. The summed E-state index contributed by atoms with van der Waals surface area (Å²) < 4.78 is 35.7. The molecule has 0 unspecified atom stereocenters. The lowest BCUT2D eigenvalue weighted by Gasteiger charge is -2.27. The zero-order valence-corrected chi connectivity index (χ0v) is 21.3. The molecule has 3 rings (SSSR count). The van der Waals surface area contributed by atoms with E-state index < -0.39 is 27.8 Å². The number of halogens is 3. The van der Waals surface area contributed by atoms with Gasteiger partial charge in [0.25, 0.3) is 5.89 Å². The molecule has 33 heavy (non-hydrogen) atoms. The molecule has 0 aliphatic rings. The summed E-state index contributed by atoms with van der Waals surface area (Å²) in [6, 6.07) is 9.01. The summed E-state index contributed by atoms with van der Waals surface area (Å²) in [5, 5.41) is 0.794. The fraction of sp³-hybridized carbons (Fsp3) is 0.364. The molecule has 0 amide bonds. The van der Waals surface area contributed by atoms with Gasteiger partial charge in [0.1, 0.15) is 5.52 Å². The van der Waals surface area contributed by atoms with Crippen molar-refractivity contribution in [3.8, 4) is 5.75 Å². The van der Waals surface area contributed by atoms with E-state index in [-0.39, 0.29) is 5.89 Å². The molecule has 7 nitrogen and oxygen atoms in total. The highest BCUT2D eigenvalue weighted by atomic mass is 35.5. The van der Waals surface area contributed by atoms with Crippen LogP contribution in [0, 0.1) is 0 Å². The van der Waals surface area contributed by atoms with Gasteiger partial charge in [-0.1, -0.05) is 43.1 Å². The maximum atomic E-state index is 12.2. The average molecular weight is 534 g/mol. The zero-order chi connectivity index (χ0) is 24.4. The Morgan fingerprint density at radius 2 is 1.82 bits per heavy atom. The molecule has 0 spiro atoms. The number of nitrogens with one attached hydrogen (secondary N) is 1. The van der Waals surface area contributed by atoms with Gasteiger partial charge in [-0.3, -0.25) is 4.79 Å². The zero-order valence-electron chi connectivity index (χ0n) is 18.2. The first kappa shape index (κ1) is 25.8. The van der Waals surface area contributed by atoms with Gasteiger partial charge in [-0.2, -0.15) is 0 Å². The first-order chi connectivity index (χ1) is 15.4. The number of aromatic nitrogens is 1. The van der Waals surface area contributed by atoms with Gasteiger partial charge < -0.3 is 9.15 Å². The molecule has 0 aliphatic carbocycles. The monoisotopic (exact) mass is 532 g/mol. The molecule has 0 aliphatic heterocycles. The second-order valence-electron chi connectivity index (χ2n) is 8.00. The van der Waals surface area contributed by atoms with E-state index in [4.69, 9.17) is 44.0 Å². The van der Waals surface area contributed by atoms with Gasteiger partial charge in [0.2, 0.25) is 15.8 Å². The summed E-state index contributed by atoms with van der Waals surface area (Å²) in [5.41, 5.74) is 2.12. The summed E-state index contributed by atoms with van der Waals surface area (Å²) in [6.07, 6.45) is 1.64. The Bertz CT molecular complexity index is 1270. The minimum Gasteiger partial charge on any atom is -0.490 e. The van der Waals surface area contributed by atoms with Crippen molar-refractivity contribution in [2.75, 3.05) is 25.3 Å². The molecule has 3 aromatic rings. The Labute approximate surface area is 207 Å². The summed E-state index contributed by atoms with van der Waals surface area (Å²) in [6.45, 7) is 3.99. The van der Waals surface area contributed by atoms with Crippen LogP contribution in [0.3, 0.4) is 0 Å². The molecule has 1 aromatic heterocycles. The van der Waals surface area contributed by atoms with E-state index in [1.54, 1.807) is 6.07 Å². The lowest BCUT2D eigenvalue weighted by Crippen LogP contribution is -2.28. The van der Waals surface area contributed by atoms with E-state index in [2.05, 4.69) is 9.71 Å². The number of carbonyl (C=O) groups is 1. The first-order valence-corrected chi connectivity index (χ1v) is 13.2. The molecule has 0 saturated carbocycles. The van der Waals surface area contributed by atoms with E-state index in [9.17, 15) is 13.2 Å². The van der Waals surface area contributed by atoms with Crippen molar-refractivity contribution in [3.63, 3.8) is 0 Å². The molecule has 2 aromatic carbocycles. The number of ketones is 1. The topological polar surface area (TPSA) is 98.5 Å². The number of fused-ring (bicyclic) bond motifs is 1. The summed E-state index contributed by atoms with van der Waals surface area (Å²) in [7, 11) is -3.51. The quantitative estimate of drug-likeness (QED) is 0.218. The Kier molecular flexibility index (Phi) is 7.96. The highest BCUT2D eigenvalue weighted by molar-refractivity contribution is 7.88. The van der Waals surface area contributed by atoms with Crippen LogP contribution in [-0.4, -0.2) is 44.5 Å². The molecule has 1 N–H and O–H groups in total. The average Bonchev–Trinajstić information content (AvgIpc) is 3.17. The molecule has 0 fully saturated rings. The minimum atomic E-state index is -3.51. The van der Waals surface area contributed by atoms with Crippen molar-refractivity contribution in [3.05, 3.63) is 57.4 Å². The van der Waals surface area contributed by atoms with Gasteiger partial charge in [0, 0.05) is 11.3 Å². The van der Waals surface area contributed by atoms with Gasteiger partial charge >= 0.3 is 0 Å². The number of rotatable bonds is 10. The lowest BCUT2D eigenvalue weighted by molar-refractivity contribution is 0.0966. The Morgan fingerprint density at radius 3 is 2.42 bits per heavy atom. The number of carbonyl (C=O) groups excluding carboxylic acids is 1. The molecule has 0 bridgehead atoms. The third-order valence-corrected chi connectivity index (χ3v) is 6.58. The Morgan fingerprint density at radius 1 is 1.15 bits per heavy atom. The third-order valence-electron chi connectivity index (χ3n) is 5.09. The van der Waals surface area contributed by atoms with Crippen LogP contribution in [0.1, 0.15) is 42.1 Å². The van der Waals surface area contributed by atoms with Crippen molar-refractivity contribution in [1.82, 2.24) is 9.71 Å². The largest absolute Gasteiger partial charge is 0.490 e. The second kappa shape index (κ2) is 10.2. The van der Waals surface area contributed by atoms with E-state index in [0.29, 0.717) is 45.8 Å². The summed E-state index contributed by atoms with van der Waals surface area (Å²) in [5.74, 6) is 0.161. The van der Waals surface area contributed by atoms with E-state index in [1.165, 1.54) is 0 Å². The normalized spacial score (nSPS) is 12.3. The Balaban J connectivity index is 1.89. The number of sulfonamides is 1. The number of hydrogen-bond donors (Lipinski definition) is 1. The fourth-order valence-corrected chi connectivity index (χ4v) is 4.26. The summed E-state index contributed by atoms with van der Waals surface area (Å²) in [4.78, 5) is 16.5. The number of nitrogens with zero attached hydrogens (tertiary/aromatic N) is 1. The van der Waals surface area contributed by atoms with Crippen LogP contribution < -0.4 is 9.46 Å². The SMILES string of the molecule is CC(C)(c1cc(Cl)c(OCCCCl)c(Cl)c1)c1ccc2oc(C(=O)CNS(C)(=O)=O)nc2c1. The van der Waals surface area contributed by atoms with Gasteiger partial charge in [-0.15, -0.1) is 11.6 Å². The van der Waals surface area contributed by atoms with Crippen molar-refractivity contribution in [2.45, 2.75) is 25.7 Å². The fourth-order valence-electron chi connectivity index (χ4n) is 3.16. The Hall–Kier alpha value is -1.84. The van der Waals surface area contributed by atoms with Crippen molar-refractivity contribution in [1.29, 1.82) is 0 Å². The van der Waals surface area contributed by atoms with Crippen LogP contribution >= 0.6 is 34.8 Å². The van der Waals surface area contributed by atoms with E-state index in [1.807, 2.05) is 38.1 Å². The number of Topliss-reactive ketones (excluding diaryl/α,β-unsaturated/α-hetero) is 1. The van der Waals surface area contributed by atoms with Crippen molar-refractivity contribution >= 4 is 61.7 Å². The van der Waals surface area contributed by atoms with E-state index >= 15 is 0 Å². The number of benzene rings is 2. The highest BCUT2D eigenvalue weighted by Crippen LogP contribution is 2.41. The number of oxazole rings is 1. The molecule has 1 heterocycles. The standard InChI is InChI=1S/C22H23Cl3N2O5S/c1-22(2,14-9-15(24)20(16(25)10-14)31-8-4-7-23)13-5-6-19-17(11-13)27-21(32-19)18(28)12-26-33(3,29)30/h5-6,9-11,26H,4,7-8,12H2,1-3H3.